The summed E-state index contributed by atoms with van der Waals surface area (Å²) in [4.78, 5) is 19.3. The molecule has 0 bridgehead atoms. The number of primary amides is 1. The van der Waals surface area contributed by atoms with Gasteiger partial charge in [-0.1, -0.05) is 68.1 Å². The van der Waals surface area contributed by atoms with Gasteiger partial charge in [-0.2, -0.15) is 0 Å². The van der Waals surface area contributed by atoms with Crippen molar-refractivity contribution in [1.82, 2.24) is 14.5 Å². The van der Waals surface area contributed by atoms with Gasteiger partial charge in [-0.15, -0.1) is 0 Å². The van der Waals surface area contributed by atoms with E-state index in [1.807, 2.05) is 12.1 Å². The maximum Gasteiger partial charge on any atom is 0.225 e. The molecule has 2 aromatic carbocycles. The van der Waals surface area contributed by atoms with E-state index in [2.05, 4.69) is 51.9 Å². The summed E-state index contributed by atoms with van der Waals surface area (Å²) in [6.07, 6.45) is 10.2. The number of nitrogens with two attached hydrogens (primary N) is 1. The highest BCUT2D eigenvalue weighted by Crippen LogP contribution is 2.44. The van der Waals surface area contributed by atoms with E-state index in [-0.39, 0.29) is 17.9 Å². The maximum atomic E-state index is 11.7. The number of carbonyl (C=O) groups excluding carboxylic acids is 1. The fraction of sp³-hybridized carbons (Fsp3) is 0.481. The van der Waals surface area contributed by atoms with E-state index < -0.39 is 0 Å². The van der Waals surface area contributed by atoms with E-state index in [1.165, 1.54) is 44.1 Å². The predicted molar refractivity (Wildman–Crippen MR) is 128 cm³/mol. The summed E-state index contributed by atoms with van der Waals surface area (Å²) in [6.45, 7) is 2.14. The average Bonchev–Trinajstić information content (AvgIpc) is 2.99. The number of imidazole rings is 1. The molecule has 5 heteroatoms. The van der Waals surface area contributed by atoms with Crippen LogP contribution in [0.15, 0.2) is 54.6 Å². The maximum absolute atomic E-state index is 11.7. The van der Waals surface area contributed by atoms with E-state index in [1.54, 1.807) is 0 Å². The molecule has 3 aromatic rings. The van der Waals surface area contributed by atoms with Crippen LogP contribution < -0.4 is 5.73 Å². The highest BCUT2D eigenvalue weighted by atomic mass is 16.1. The standard InChI is InChI=1S/C27H34N4O/c28-25(32)20-26-29-23-12-6-7-13-24(23)31(26)22-14-18-30(19-15-22)27(16-8-1-2-9-17-27)21-10-4-3-5-11-21/h3-7,10-13,22H,1-2,8-9,14-20H2,(H2,28,32). The second kappa shape index (κ2) is 9.07. The van der Waals surface area contributed by atoms with E-state index in [4.69, 9.17) is 10.7 Å². The van der Waals surface area contributed by atoms with Crippen molar-refractivity contribution in [2.24, 2.45) is 5.73 Å². The molecule has 2 N–H and O–H groups in total. The normalized spacial score (nSPS) is 20.2. The minimum atomic E-state index is -0.319. The number of rotatable bonds is 5. The molecule has 2 fully saturated rings. The molecule has 32 heavy (non-hydrogen) atoms. The zero-order chi connectivity index (χ0) is 22.0. The lowest BCUT2D eigenvalue weighted by Gasteiger charge is -2.48. The lowest BCUT2D eigenvalue weighted by Crippen LogP contribution is -2.50. The molecule has 1 saturated carbocycles. The highest BCUT2D eigenvalue weighted by molar-refractivity contribution is 5.80. The lowest BCUT2D eigenvalue weighted by atomic mass is 9.79. The van der Waals surface area contributed by atoms with Crippen LogP contribution in [0.25, 0.3) is 11.0 Å². The Kier molecular flexibility index (Phi) is 6.01. The topological polar surface area (TPSA) is 64.2 Å². The van der Waals surface area contributed by atoms with Crippen molar-refractivity contribution in [1.29, 1.82) is 0 Å². The van der Waals surface area contributed by atoms with Gasteiger partial charge in [0.15, 0.2) is 0 Å². The van der Waals surface area contributed by atoms with Crippen molar-refractivity contribution < 1.29 is 4.79 Å². The molecule has 0 spiro atoms. The van der Waals surface area contributed by atoms with Gasteiger partial charge in [0.1, 0.15) is 5.82 Å². The Balaban J connectivity index is 1.43. The molecule has 1 saturated heterocycles. The third-order valence-electron chi connectivity index (χ3n) is 7.68. The lowest BCUT2D eigenvalue weighted by molar-refractivity contribution is -0.117. The van der Waals surface area contributed by atoms with Crippen molar-refractivity contribution >= 4 is 16.9 Å². The molecular weight excluding hydrogens is 396 g/mol. The van der Waals surface area contributed by atoms with Crippen LogP contribution in [0.1, 0.15) is 68.8 Å². The van der Waals surface area contributed by atoms with Crippen LogP contribution in [0.2, 0.25) is 0 Å². The number of aromatic nitrogens is 2. The monoisotopic (exact) mass is 430 g/mol. The third kappa shape index (κ3) is 3.95. The minimum Gasteiger partial charge on any atom is -0.369 e. The number of fused-ring (bicyclic) bond motifs is 1. The van der Waals surface area contributed by atoms with Crippen LogP contribution in [0.5, 0.6) is 0 Å². The summed E-state index contributed by atoms with van der Waals surface area (Å²) >= 11 is 0. The Bertz CT molecular complexity index is 1060. The minimum absolute atomic E-state index is 0.162. The van der Waals surface area contributed by atoms with Crippen LogP contribution in [0.4, 0.5) is 0 Å². The van der Waals surface area contributed by atoms with Gasteiger partial charge < -0.3 is 10.3 Å². The fourth-order valence-corrected chi connectivity index (χ4v) is 6.18. The number of likely N-dealkylation sites (tertiary alicyclic amines) is 1. The van der Waals surface area contributed by atoms with Crippen molar-refractivity contribution in [2.75, 3.05) is 13.1 Å². The molecule has 168 valence electrons. The van der Waals surface area contributed by atoms with Crippen molar-refractivity contribution in [3.63, 3.8) is 0 Å². The molecule has 0 unspecified atom stereocenters. The highest BCUT2D eigenvalue weighted by Gasteiger charge is 2.40. The predicted octanol–water partition coefficient (Wildman–Crippen LogP) is 4.95. The van der Waals surface area contributed by atoms with Crippen LogP contribution in [0.3, 0.4) is 0 Å². The Morgan fingerprint density at radius 3 is 2.28 bits per heavy atom. The van der Waals surface area contributed by atoms with Gasteiger partial charge in [-0.3, -0.25) is 9.69 Å². The number of carbonyl (C=O) groups is 1. The Morgan fingerprint density at radius 2 is 1.59 bits per heavy atom. The fourth-order valence-electron chi connectivity index (χ4n) is 6.18. The van der Waals surface area contributed by atoms with Gasteiger partial charge >= 0.3 is 0 Å². The number of nitrogens with zero attached hydrogens (tertiary/aromatic N) is 3. The summed E-state index contributed by atoms with van der Waals surface area (Å²) in [6, 6.07) is 19.8. The first kappa shape index (κ1) is 21.2. The smallest absolute Gasteiger partial charge is 0.225 e. The molecule has 1 aliphatic heterocycles. The molecule has 1 aromatic heterocycles. The van der Waals surface area contributed by atoms with Gasteiger partial charge in [0.25, 0.3) is 0 Å². The molecule has 5 nitrogen and oxygen atoms in total. The van der Waals surface area contributed by atoms with Crippen LogP contribution >= 0.6 is 0 Å². The number of piperidine rings is 1. The Labute approximate surface area is 190 Å². The summed E-state index contributed by atoms with van der Waals surface area (Å²) in [7, 11) is 0. The SMILES string of the molecule is NC(=O)Cc1nc2ccccc2n1C1CCN(C2(c3ccccc3)CCCCCC2)CC1. The van der Waals surface area contributed by atoms with E-state index in [9.17, 15) is 4.79 Å². The molecule has 0 radical (unpaired) electrons. The first-order valence-corrected chi connectivity index (χ1v) is 12.2. The second-order valence-corrected chi connectivity index (χ2v) is 9.56. The Morgan fingerprint density at radius 1 is 0.938 bits per heavy atom. The van der Waals surface area contributed by atoms with Crippen molar-refractivity contribution in [2.45, 2.75) is 69.4 Å². The molecule has 0 atom stereocenters. The van der Waals surface area contributed by atoms with E-state index >= 15 is 0 Å². The number of benzene rings is 2. The van der Waals surface area contributed by atoms with Gasteiger partial charge in [-0.05, 0) is 43.4 Å². The van der Waals surface area contributed by atoms with Crippen LogP contribution in [-0.2, 0) is 16.8 Å². The second-order valence-electron chi connectivity index (χ2n) is 9.56. The summed E-state index contributed by atoms with van der Waals surface area (Å²) in [5.74, 6) is 0.491. The van der Waals surface area contributed by atoms with E-state index in [0.717, 1.165) is 42.8 Å². The summed E-state index contributed by atoms with van der Waals surface area (Å²) in [5.41, 5.74) is 9.29. The largest absolute Gasteiger partial charge is 0.369 e. The van der Waals surface area contributed by atoms with Gasteiger partial charge in [0, 0.05) is 24.7 Å². The summed E-state index contributed by atoms with van der Waals surface area (Å²) in [5, 5.41) is 0. The first-order valence-electron chi connectivity index (χ1n) is 12.2. The quantitative estimate of drug-likeness (QED) is 0.583. The molecular formula is C27H34N4O. The van der Waals surface area contributed by atoms with Crippen LogP contribution in [0, 0.1) is 0 Å². The molecule has 1 aliphatic carbocycles. The molecule has 1 amide bonds. The van der Waals surface area contributed by atoms with Gasteiger partial charge in [0.05, 0.1) is 17.5 Å². The molecule has 2 aliphatic rings. The van der Waals surface area contributed by atoms with Gasteiger partial charge in [-0.25, -0.2) is 4.98 Å². The zero-order valence-electron chi connectivity index (χ0n) is 18.9. The molecule has 5 rings (SSSR count). The zero-order valence-corrected chi connectivity index (χ0v) is 18.9. The number of amides is 1. The van der Waals surface area contributed by atoms with Gasteiger partial charge in [0.2, 0.25) is 5.91 Å². The number of hydrogen-bond donors (Lipinski definition) is 1. The first-order chi connectivity index (χ1) is 15.7. The van der Waals surface area contributed by atoms with Crippen molar-refractivity contribution in [3.8, 4) is 0 Å². The average molecular weight is 431 g/mol. The molecule has 2 heterocycles. The number of hydrogen-bond acceptors (Lipinski definition) is 3. The van der Waals surface area contributed by atoms with Crippen molar-refractivity contribution in [3.05, 3.63) is 66.0 Å². The third-order valence-corrected chi connectivity index (χ3v) is 7.68. The van der Waals surface area contributed by atoms with E-state index in [0.29, 0.717) is 6.04 Å². The van der Waals surface area contributed by atoms with Crippen LogP contribution in [-0.4, -0.2) is 33.4 Å². The Hall–Kier alpha value is -2.66. The summed E-state index contributed by atoms with van der Waals surface area (Å²) < 4.78 is 2.31. The number of para-hydroxylation sites is 2.